The molecule has 0 radical (unpaired) electrons. The molecule has 3 aromatic rings. The molecule has 4 rings (SSSR count). The van der Waals surface area contributed by atoms with Gasteiger partial charge in [0.2, 0.25) is 0 Å². The highest BCUT2D eigenvalue weighted by molar-refractivity contribution is 7.18. The molecule has 0 atom stereocenters. The van der Waals surface area contributed by atoms with Gasteiger partial charge in [0.25, 0.3) is 0 Å². The summed E-state index contributed by atoms with van der Waals surface area (Å²) < 4.78 is 0. The molecule has 3 nitrogen and oxygen atoms in total. The number of nitrogens with one attached hydrogen (secondary N) is 1. The molecule has 0 amide bonds. The molecule has 1 aliphatic heterocycles. The van der Waals surface area contributed by atoms with Crippen molar-refractivity contribution in [3.8, 4) is 10.4 Å². The topological polar surface area (TPSA) is 28.2 Å². The molecule has 1 aromatic heterocycles. The fraction of sp³-hybridized carbons (Fsp3) is 0.286. The monoisotopic (exact) mass is 349 g/mol. The molecule has 4 heteroatoms. The van der Waals surface area contributed by atoms with Crippen molar-refractivity contribution in [1.82, 2.24) is 9.88 Å². The molecule has 1 saturated heterocycles. The number of rotatable bonds is 5. The van der Waals surface area contributed by atoms with Crippen LogP contribution in [0.1, 0.15) is 18.4 Å². The lowest BCUT2D eigenvalue weighted by molar-refractivity contribution is 0.211. The molecular formula is C21H23N3S. The first kappa shape index (κ1) is 16.3. The van der Waals surface area contributed by atoms with Crippen LogP contribution in [0.5, 0.6) is 0 Å². The summed E-state index contributed by atoms with van der Waals surface area (Å²) in [6, 6.07) is 21.8. The zero-order chi connectivity index (χ0) is 16.9. The number of nitrogens with zero attached hydrogens (tertiary/aromatic N) is 2. The van der Waals surface area contributed by atoms with Crippen LogP contribution in [0.4, 0.5) is 5.13 Å². The number of thiazole rings is 1. The Kier molecular flexibility index (Phi) is 5.09. The average Bonchev–Trinajstić information content (AvgIpc) is 3.14. The van der Waals surface area contributed by atoms with Crippen molar-refractivity contribution in [1.29, 1.82) is 0 Å². The zero-order valence-electron chi connectivity index (χ0n) is 14.3. The molecular weight excluding hydrogens is 326 g/mol. The van der Waals surface area contributed by atoms with Crippen molar-refractivity contribution in [3.63, 3.8) is 0 Å². The number of hydrogen-bond acceptors (Lipinski definition) is 4. The van der Waals surface area contributed by atoms with Crippen LogP contribution in [0, 0.1) is 0 Å². The average molecular weight is 350 g/mol. The fourth-order valence-corrected chi connectivity index (χ4v) is 4.23. The van der Waals surface area contributed by atoms with Gasteiger partial charge < -0.3 is 5.32 Å². The molecule has 0 unspecified atom stereocenters. The zero-order valence-corrected chi connectivity index (χ0v) is 15.1. The molecule has 0 spiro atoms. The van der Waals surface area contributed by atoms with Gasteiger partial charge in [0.1, 0.15) is 0 Å². The summed E-state index contributed by atoms with van der Waals surface area (Å²) in [5.41, 5.74) is 2.65. The second kappa shape index (κ2) is 7.81. The Balaban J connectivity index is 1.30. The number of benzene rings is 2. The minimum absolute atomic E-state index is 0.529. The van der Waals surface area contributed by atoms with Gasteiger partial charge >= 0.3 is 0 Å². The number of piperidine rings is 1. The van der Waals surface area contributed by atoms with Crippen LogP contribution in [0.2, 0.25) is 0 Å². The summed E-state index contributed by atoms with van der Waals surface area (Å²) in [5.74, 6) is 0. The molecule has 2 heterocycles. The predicted octanol–water partition coefficient (Wildman–Crippen LogP) is 4.89. The van der Waals surface area contributed by atoms with E-state index in [9.17, 15) is 0 Å². The minimum Gasteiger partial charge on any atom is -0.359 e. The fourth-order valence-electron chi connectivity index (χ4n) is 3.33. The van der Waals surface area contributed by atoms with Crippen molar-refractivity contribution < 1.29 is 0 Å². The molecule has 0 aliphatic carbocycles. The largest absolute Gasteiger partial charge is 0.359 e. The third kappa shape index (κ3) is 4.27. The first-order chi connectivity index (χ1) is 12.4. The second-order valence-electron chi connectivity index (χ2n) is 6.58. The SMILES string of the molecule is c1ccc(CN2CCC(Nc3ncc(-c4ccccc4)s3)CC2)cc1. The van der Waals surface area contributed by atoms with Gasteiger partial charge in [0.05, 0.1) is 4.88 Å². The lowest BCUT2D eigenvalue weighted by Gasteiger charge is -2.32. The molecule has 2 aromatic carbocycles. The van der Waals surface area contributed by atoms with E-state index in [4.69, 9.17) is 0 Å². The van der Waals surface area contributed by atoms with E-state index in [1.54, 1.807) is 11.3 Å². The van der Waals surface area contributed by atoms with Crippen LogP contribution < -0.4 is 5.32 Å². The Morgan fingerprint density at radius 2 is 1.64 bits per heavy atom. The van der Waals surface area contributed by atoms with Gasteiger partial charge in [0, 0.05) is 31.9 Å². The van der Waals surface area contributed by atoms with E-state index in [0.717, 1.165) is 24.8 Å². The molecule has 1 fully saturated rings. The summed E-state index contributed by atoms with van der Waals surface area (Å²) in [4.78, 5) is 8.34. The number of anilines is 1. The van der Waals surface area contributed by atoms with Gasteiger partial charge in [-0.15, -0.1) is 0 Å². The van der Waals surface area contributed by atoms with Crippen LogP contribution in [0.25, 0.3) is 10.4 Å². The minimum atomic E-state index is 0.529. The summed E-state index contributed by atoms with van der Waals surface area (Å²) in [6.45, 7) is 3.34. The lowest BCUT2D eigenvalue weighted by Crippen LogP contribution is -2.38. The van der Waals surface area contributed by atoms with Crippen LogP contribution >= 0.6 is 11.3 Å². The summed E-state index contributed by atoms with van der Waals surface area (Å²) >= 11 is 1.75. The van der Waals surface area contributed by atoms with Crippen LogP contribution in [-0.4, -0.2) is 29.0 Å². The van der Waals surface area contributed by atoms with Crippen LogP contribution in [0.3, 0.4) is 0 Å². The highest BCUT2D eigenvalue weighted by Crippen LogP contribution is 2.30. The Morgan fingerprint density at radius 1 is 0.960 bits per heavy atom. The van der Waals surface area contributed by atoms with Gasteiger partial charge in [-0.1, -0.05) is 72.0 Å². The first-order valence-electron chi connectivity index (χ1n) is 8.91. The van der Waals surface area contributed by atoms with Gasteiger partial charge in [-0.3, -0.25) is 4.90 Å². The summed E-state index contributed by atoms with van der Waals surface area (Å²) in [6.07, 6.45) is 4.33. The molecule has 128 valence electrons. The van der Waals surface area contributed by atoms with E-state index in [1.165, 1.54) is 28.8 Å². The van der Waals surface area contributed by atoms with Gasteiger partial charge in [-0.05, 0) is 24.0 Å². The highest BCUT2D eigenvalue weighted by Gasteiger charge is 2.20. The van der Waals surface area contributed by atoms with Gasteiger partial charge in [-0.25, -0.2) is 4.98 Å². The Hall–Kier alpha value is -2.17. The van der Waals surface area contributed by atoms with E-state index >= 15 is 0 Å². The highest BCUT2D eigenvalue weighted by atomic mass is 32.1. The maximum Gasteiger partial charge on any atom is 0.183 e. The van der Waals surface area contributed by atoms with E-state index in [2.05, 4.69) is 69.8 Å². The third-order valence-corrected chi connectivity index (χ3v) is 5.71. The Labute approximate surface area is 153 Å². The quantitative estimate of drug-likeness (QED) is 0.711. The van der Waals surface area contributed by atoms with Crippen molar-refractivity contribution in [3.05, 3.63) is 72.4 Å². The Morgan fingerprint density at radius 3 is 2.36 bits per heavy atom. The molecule has 1 aliphatic rings. The Bertz CT molecular complexity index is 777. The van der Waals surface area contributed by atoms with E-state index < -0.39 is 0 Å². The molecule has 25 heavy (non-hydrogen) atoms. The third-order valence-electron chi connectivity index (χ3n) is 4.73. The van der Waals surface area contributed by atoms with Crippen molar-refractivity contribution in [2.24, 2.45) is 0 Å². The predicted molar refractivity (Wildman–Crippen MR) is 106 cm³/mol. The van der Waals surface area contributed by atoms with E-state index in [-0.39, 0.29) is 0 Å². The van der Waals surface area contributed by atoms with Gasteiger partial charge in [-0.2, -0.15) is 0 Å². The molecule has 1 N–H and O–H groups in total. The number of likely N-dealkylation sites (tertiary alicyclic amines) is 1. The summed E-state index contributed by atoms with van der Waals surface area (Å²) in [7, 11) is 0. The van der Waals surface area contributed by atoms with Crippen LogP contribution in [0.15, 0.2) is 66.9 Å². The lowest BCUT2D eigenvalue weighted by atomic mass is 10.0. The summed E-state index contributed by atoms with van der Waals surface area (Å²) in [5, 5.41) is 4.68. The van der Waals surface area contributed by atoms with E-state index in [1.807, 2.05) is 12.3 Å². The van der Waals surface area contributed by atoms with Crippen LogP contribution in [-0.2, 0) is 6.54 Å². The number of hydrogen-bond donors (Lipinski definition) is 1. The van der Waals surface area contributed by atoms with Crippen molar-refractivity contribution in [2.45, 2.75) is 25.4 Å². The molecule has 0 bridgehead atoms. The number of aromatic nitrogens is 1. The smallest absolute Gasteiger partial charge is 0.183 e. The standard InChI is InChI=1S/C21H23N3S/c1-3-7-17(8-4-1)16-24-13-11-19(12-14-24)23-21-22-15-20(25-21)18-9-5-2-6-10-18/h1-10,15,19H,11-14,16H2,(H,22,23). The van der Waals surface area contributed by atoms with Crippen molar-refractivity contribution in [2.75, 3.05) is 18.4 Å². The van der Waals surface area contributed by atoms with E-state index in [0.29, 0.717) is 6.04 Å². The van der Waals surface area contributed by atoms with Crippen molar-refractivity contribution >= 4 is 16.5 Å². The second-order valence-corrected chi connectivity index (χ2v) is 7.61. The first-order valence-corrected chi connectivity index (χ1v) is 9.72. The molecule has 0 saturated carbocycles. The normalized spacial score (nSPS) is 16.0. The van der Waals surface area contributed by atoms with Gasteiger partial charge in [0.15, 0.2) is 5.13 Å². The maximum atomic E-state index is 4.57. The maximum absolute atomic E-state index is 4.57.